The predicted molar refractivity (Wildman–Crippen MR) is 104 cm³/mol. The number of aromatic nitrogens is 1. The van der Waals surface area contributed by atoms with Crippen molar-refractivity contribution in [3.8, 4) is 0 Å². The number of hydrogen-bond donors (Lipinski definition) is 1. The van der Waals surface area contributed by atoms with Crippen LogP contribution >= 0.6 is 11.3 Å². The molecule has 0 saturated carbocycles. The smallest absolute Gasteiger partial charge is 0.293 e. The van der Waals surface area contributed by atoms with Gasteiger partial charge < -0.3 is 15.0 Å². The number of carbonyl (C=O) groups excluding carboxylic acids is 2. The maximum absolute atomic E-state index is 12.4. The molecule has 0 aromatic carbocycles. The molecule has 0 atom stereocenters. The summed E-state index contributed by atoms with van der Waals surface area (Å²) in [5.41, 5.74) is 0.349. The number of rotatable bonds is 3. The van der Waals surface area contributed by atoms with Crippen LogP contribution in [0.3, 0.4) is 0 Å². The molecule has 3 heterocycles. The van der Waals surface area contributed by atoms with Gasteiger partial charge in [-0.2, -0.15) is 0 Å². The molecule has 26 heavy (non-hydrogen) atoms. The largest absolute Gasteiger partial charge is 0.462 e. The minimum Gasteiger partial charge on any atom is -0.462 e. The summed E-state index contributed by atoms with van der Waals surface area (Å²) in [6.07, 6.45) is 5.81. The number of piperidine rings is 2. The second kappa shape index (κ2) is 10.0. The standard InChI is InChI=1S/C14H21N3OS.C5H10O2/c18-14(17-8-2-1-3-9-17)12-10-19-13(16-12)11-4-6-15-7-5-11;1-5(2,3)7-4-6/h10-11,15H,1-9H2;4H,1-3H3. The van der Waals surface area contributed by atoms with E-state index in [0.717, 1.165) is 56.9 Å². The lowest BCUT2D eigenvalue weighted by Gasteiger charge is -2.25. The summed E-state index contributed by atoms with van der Waals surface area (Å²) in [5.74, 6) is 0.685. The molecule has 2 fully saturated rings. The Balaban J connectivity index is 0.000000298. The lowest BCUT2D eigenvalue weighted by atomic mass is 9.99. The summed E-state index contributed by atoms with van der Waals surface area (Å²) in [6, 6.07) is 0. The van der Waals surface area contributed by atoms with Crippen molar-refractivity contribution in [1.29, 1.82) is 0 Å². The van der Waals surface area contributed by atoms with Crippen molar-refractivity contribution in [2.24, 2.45) is 0 Å². The van der Waals surface area contributed by atoms with E-state index in [2.05, 4.69) is 15.0 Å². The zero-order valence-corrected chi connectivity index (χ0v) is 16.9. The highest BCUT2D eigenvalue weighted by molar-refractivity contribution is 7.09. The average molecular weight is 382 g/mol. The number of amides is 1. The lowest BCUT2D eigenvalue weighted by molar-refractivity contribution is -0.138. The molecule has 0 spiro atoms. The predicted octanol–water partition coefficient (Wildman–Crippen LogP) is 3.19. The molecule has 2 saturated heterocycles. The van der Waals surface area contributed by atoms with Crippen molar-refractivity contribution in [3.63, 3.8) is 0 Å². The van der Waals surface area contributed by atoms with Gasteiger partial charge in [0, 0.05) is 24.4 Å². The zero-order chi connectivity index (χ0) is 19.0. The Morgan fingerprint density at radius 1 is 1.27 bits per heavy atom. The molecule has 2 aliphatic rings. The van der Waals surface area contributed by atoms with Crippen LogP contribution in [0.25, 0.3) is 0 Å². The van der Waals surface area contributed by atoms with Gasteiger partial charge in [-0.15, -0.1) is 11.3 Å². The van der Waals surface area contributed by atoms with Gasteiger partial charge in [-0.3, -0.25) is 9.59 Å². The van der Waals surface area contributed by atoms with Gasteiger partial charge in [0.15, 0.2) is 0 Å². The quantitative estimate of drug-likeness (QED) is 0.814. The second-order valence-corrected chi connectivity index (χ2v) is 8.66. The minimum absolute atomic E-state index is 0.135. The van der Waals surface area contributed by atoms with E-state index in [4.69, 9.17) is 0 Å². The highest BCUT2D eigenvalue weighted by atomic mass is 32.1. The fourth-order valence-corrected chi connectivity index (χ4v) is 4.01. The van der Waals surface area contributed by atoms with E-state index in [0.29, 0.717) is 18.1 Å². The van der Waals surface area contributed by atoms with Crippen LogP contribution in [0.2, 0.25) is 0 Å². The first-order valence-corrected chi connectivity index (χ1v) is 10.4. The Hall–Kier alpha value is -1.47. The van der Waals surface area contributed by atoms with Crippen LogP contribution in [0.4, 0.5) is 0 Å². The van der Waals surface area contributed by atoms with E-state index >= 15 is 0 Å². The number of likely N-dealkylation sites (tertiary alicyclic amines) is 1. The van der Waals surface area contributed by atoms with E-state index in [9.17, 15) is 9.59 Å². The zero-order valence-electron chi connectivity index (χ0n) is 16.1. The first-order chi connectivity index (χ1) is 12.4. The maximum Gasteiger partial charge on any atom is 0.293 e. The summed E-state index contributed by atoms with van der Waals surface area (Å²) in [5, 5.41) is 6.47. The molecule has 7 heteroatoms. The van der Waals surface area contributed by atoms with E-state index in [-0.39, 0.29) is 11.5 Å². The van der Waals surface area contributed by atoms with Crippen molar-refractivity contribution in [2.75, 3.05) is 26.2 Å². The Labute approximate surface area is 160 Å². The van der Waals surface area contributed by atoms with Crippen molar-refractivity contribution in [3.05, 3.63) is 16.1 Å². The molecule has 3 rings (SSSR count). The number of nitrogens with zero attached hydrogens (tertiary/aromatic N) is 2. The molecule has 1 aromatic rings. The number of hydrogen-bond acceptors (Lipinski definition) is 6. The molecular weight excluding hydrogens is 350 g/mol. The third kappa shape index (κ3) is 6.68. The maximum atomic E-state index is 12.4. The van der Waals surface area contributed by atoms with Crippen LogP contribution in [0, 0.1) is 0 Å². The molecule has 1 amide bonds. The van der Waals surface area contributed by atoms with Gasteiger partial charge in [0.05, 0.1) is 5.01 Å². The molecule has 0 bridgehead atoms. The van der Waals surface area contributed by atoms with Gasteiger partial charge in [0.1, 0.15) is 11.3 Å². The topological polar surface area (TPSA) is 71.5 Å². The minimum atomic E-state index is -0.318. The van der Waals surface area contributed by atoms with Gasteiger partial charge in [-0.05, 0) is 66.0 Å². The number of thiazole rings is 1. The second-order valence-electron chi connectivity index (χ2n) is 7.77. The van der Waals surface area contributed by atoms with Crippen LogP contribution in [-0.4, -0.2) is 54.0 Å². The molecule has 0 aliphatic carbocycles. The highest BCUT2D eigenvalue weighted by Crippen LogP contribution is 2.28. The van der Waals surface area contributed by atoms with Crippen LogP contribution in [0.1, 0.15) is 74.3 Å². The monoisotopic (exact) mass is 381 g/mol. The third-order valence-electron chi connectivity index (χ3n) is 4.47. The van der Waals surface area contributed by atoms with Gasteiger partial charge >= 0.3 is 0 Å². The first kappa shape index (κ1) is 20.8. The van der Waals surface area contributed by atoms with E-state index < -0.39 is 0 Å². The molecule has 0 radical (unpaired) electrons. The number of ether oxygens (including phenoxy) is 1. The summed E-state index contributed by atoms with van der Waals surface area (Å²) in [6.45, 7) is 9.86. The van der Waals surface area contributed by atoms with Gasteiger partial charge in [0.25, 0.3) is 12.4 Å². The molecule has 1 aromatic heterocycles. The molecule has 0 unspecified atom stereocenters. The van der Waals surface area contributed by atoms with Crippen molar-refractivity contribution >= 4 is 23.7 Å². The van der Waals surface area contributed by atoms with Crippen LogP contribution in [-0.2, 0) is 9.53 Å². The van der Waals surface area contributed by atoms with Crippen LogP contribution in [0.15, 0.2) is 5.38 Å². The summed E-state index contributed by atoms with van der Waals surface area (Å²) in [7, 11) is 0. The fraction of sp³-hybridized carbons (Fsp3) is 0.737. The first-order valence-electron chi connectivity index (χ1n) is 9.47. The number of nitrogens with one attached hydrogen (secondary N) is 1. The fourth-order valence-electron chi connectivity index (χ4n) is 3.05. The van der Waals surface area contributed by atoms with E-state index in [1.807, 2.05) is 31.1 Å². The highest BCUT2D eigenvalue weighted by Gasteiger charge is 2.23. The van der Waals surface area contributed by atoms with E-state index in [1.54, 1.807) is 11.3 Å². The Morgan fingerprint density at radius 2 is 1.92 bits per heavy atom. The molecule has 146 valence electrons. The summed E-state index contributed by atoms with van der Waals surface area (Å²) in [4.78, 5) is 28.5. The molecular formula is C19H31N3O3S. The molecule has 6 nitrogen and oxygen atoms in total. The third-order valence-corrected chi connectivity index (χ3v) is 5.48. The Morgan fingerprint density at radius 3 is 2.46 bits per heavy atom. The lowest BCUT2D eigenvalue weighted by Crippen LogP contribution is -2.35. The van der Waals surface area contributed by atoms with Crippen LogP contribution < -0.4 is 5.32 Å². The molecule has 2 aliphatic heterocycles. The van der Waals surface area contributed by atoms with Crippen molar-refractivity contribution in [1.82, 2.24) is 15.2 Å². The van der Waals surface area contributed by atoms with Gasteiger partial charge in [-0.1, -0.05) is 0 Å². The molecule has 1 N–H and O–H groups in total. The summed E-state index contributed by atoms with van der Waals surface area (Å²) < 4.78 is 4.55. The van der Waals surface area contributed by atoms with Crippen molar-refractivity contribution < 1.29 is 14.3 Å². The Bertz CT molecular complexity index is 571. The Kier molecular flexibility index (Phi) is 8.03. The average Bonchev–Trinajstić information content (AvgIpc) is 3.12. The SMILES string of the molecule is CC(C)(C)OC=O.O=C(c1csc(C2CCNCC2)n1)N1CCCCC1. The normalized spacial score (nSPS) is 18.7. The number of carbonyl (C=O) groups is 2. The van der Waals surface area contributed by atoms with Crippen molar-refractivity contribution in [2.45, 2.75) is 64.4 Å². The summed E-state index contributed by atoms with van der Waals surface area (Å²) >= 11 is 1.66. The van der Waals surface area contributed by atoms with Gasteiger partial charge in [0.2, 0.25) is 0 Å². The van der Waals surface area contributed by atoms with Crippen LogP contribution in [0.5, 0.6) is 0 Å². The van der Waals surface area contributed by atoms with Gasteiger partial charge in [-0.25, -0.2) is 4.98 Å². The van der Waals surface area contributed by atoms with E-state index in [1.165, 1.54) is 6.42 Å².